The first kappa shape index (κ1) is 21.3. The lowest BCUT2D eigenvalue weighted by Crippen LogP contribution is -2.34. The Morgan fingerprint density at radius 2 is 2.00 bits per heavy atom. The van der Waals surface area contributed by atoms with Crippen LogP contribution >= 0.6 is 11.3 Å². The Kier molecular flexibility index (Phi) is 8.13. The Hall–Kier alpha value is -2.05. The lowest BCUT2D eigenvalue weighted by atomic mass is 10.1. The van der Waals surface area contributed by atoms with Crippen LogP contribution in [0.1, 0.15) is 41.5 Å². The molecule has 0 aliphatic rings. The van der Waals surface area contributed by atoms with Gasteiger partial charge in [0, 0.05) is 17.0 Å². The maximum atomic E-state index is 12.6. The summed E-state index contributed by atoms with van der Waals surface area (Å²) < 4.78 is 11.2. The fourth-order valence-corrected chi connectivity index (χ4v) is 3.57. The van der Waals surface area contributed by atoms with Crippen molar-refractivity contribution in [3.63, 3.8) is 0 Å². The number of hydrogen-bond acceptors (Lipinski definition) is 5. The molecule has 0 radical (unpaired) electrons. The zero-order chi connectivity index (χ0) is 19.8. The van der Waals surface area contributed by atoms with Crippen LogP contribution < -0.4 is 14.8 Å². The van der Waals surface area contributed by atoms with Crippen molar-refractivity contribution >= 4 is 17.2 Å². The molecule has 1 unspecified atom stereocenters. The standard InChI is InChI=1S/C21H30N2O3S/c1-15(2)10-11-26-18-9-8-16(13-19(18)25-5)21(24)22-14-17(23(3)4)20-7-6-12-27-20/h6-9,12-13,15,17H,10-11,14H2,1-5H3,(H,22,24). The van der Waals surface area contributed by atoms with Crippen molar-refractivity contribution in [3.8, 4) is 11.5 Å². The molecule has 1 N–H and O–H groups in total. The summed E-state index contributed by atoms with van der Waals surface area (Å²) >= 11 is 1.69. The van der Waals surface area contributed by atoms with Crippen LogP contribution in [0.3, 0.4) is 0 Å². The van der Waals surface area contributed by atoms with Crippen molar-refractivity contribution in [3.05, 3.63) is 46.2 Å². The van der Waals surface area contributed by atoms with E-state index in [0.717, 1.165) is 6.42 Å². The van der Waals surface area contributed by atoms with Crippen molar-refractivity contribution in [1.82, 2.24) is 10.2 Å². The summed E-state index contributed by atoms with van der Waals surface area (Å²) in [5.74, 6) is 1.70. The minimum Gasteiger partial charge on any atom is -0.493 e. The van der Waals surface area contributed by atoms with Gasteiger partial charge in [0.15, 0.2) is 11.5 Å². The third kappa shape index (κ3) is 6.26. The predicted molar refractivity (Wildman–Crippen MR) is 111 cm³/mol. The molecule has 0 aliphatic carbocycles. The largest absolute Gasteiger partial charge is 0.493 e. The molecule has 148 valence electrons. The Balaban J connectivity index is 2.01. The van der Waals surface area contributed by atoms with Gasteiger partial charge in [0.25, 0.3) is 5.91 Å². The molecular formula is C21H30N2O3S. The second-order valence-electron chi connectivity index (χ2n) is 7.10. The molecule has 5 nitrogen and oxygen atoms in total. The fraction of sp³-hybridized carbons (Fsp3) is 0.476. The fourth-order valence-electron chi connectivity index (χ4n) is 2.64. The molecule has 0 bridgehead atoms. The summed E-state index contributed by atoms with van der Waals surface area (Å²) in [6.07, 6.45) is 0.972. The van der Waals surface area contributed by atoms with Gasteiger partial charge < -0.3 is 19.7 Å². The first-order valence-electron chi connectivity index (χ1n) is 9.21. The predicted octanol–water partition coefficient (Wildman–Crippen LogP) is 4.21. The highest BCUT2D eigenvalue weighted by Gasteiger charge is 2.17. The number of amides is 1. The van der Waals surface area contributed by atoms with E-state index >= 15 is 0 Å². The number of ether oxygens (including phenoxy) is 2. The van der Waals surface area contributed by atoms with Crippen LogP contribution in [0.5, 0.6) is 11.5 Å². The van der Waals surface area contributed by atoms with Gasteiger partial charge in [0.1, 0.15) is 0 Å². The molecule has 0 spiro atoms. The second-order valence-corrected chi connectivity index (χ2v) is 8.08. The first-order valence-corrected chi connectivity index (χ1v) is 10.1. The van der Waals surface area contributed by atoms with Gasteiger partial charge in [-0.3, -0.25) is 4.79 Å². The maximum Gasteiger partial charge on any atom is 0.251 e. The average molecular weight is 391 g/mol. The summed E-state index contributed by atoms with van der Waals surface area (Å²) in [5.41, 5.74) is 0.562. The number of benzene rings is 1. The van der Waals surface area contributed by atoms with Crippen molar-refractivity contribution in [2.45, 2.75) is 26.3 Å². The van der Waals surface area contributed by atoms with Crippen LogP contribution in [0.15, 0.2) is 35.7 Å². The Bertz CT molecular complexity index is 714. The molecule has 1 amide bonds. The van der Waals surface area contributed by atoms with E-state index < -0.39 is 0 Å². The molecular weight excluding hydrogens is 360 g/mol. The summed E-state index contributed by atoms with van der Waals surface area (Å²) in [7, 11) is 5.62. The number of thiophene rings is 1. The van der Waals surface area contributed by atoms with Gasteiger partial charge in [0.05, 0.1) is 19.8 Å². The van der Waals surface area contributed by atoms with Gasteiger partial charge >= 0.3 is 0 Å². The topological polar surface area (TPSA) is 50.8 Å². The molecule has 2 rings (SSSR count). The third-order valence-electron chi connectivity index (χ3n) is 4.33. The third-order valence-corrected chi connectivity index (χ3v) is 5.30. The monoisotopic (exact) mass is 390 g/mol. The lowest BCUT2D eigenvalue weighted by Gasteiger charge is -2.23. The Morgan fingerprint density at radius 1 is 1.22 bits per heavy atom. The van der Waals surface area contributed by atoms with Crippen LogP contribution in [0.25, 0.3) is 0 Å². The number of carbonyl (C=O) groups is 1. The Morgan fingerprint density at radius 3 is 2.59 bits per heavy atom. The molecule has 1 aromatic carbocycles. The number of nitrogens with zero attached hydrogens (tertiary/aromatic N) is 1. The molecule has 0 fully saturated rings. The Labute approximate surface area is 166 Å². The van der Waals surface area contributed by atoms with E-state index in [1.54, 1.807) is 36.6 Å². The van der Waals surface area contributed by atoms with Crippen LogP contribution in [0.2, 0.25) is 0 Å². The van der Waals surface area contributed by atoms with Crippen LogP contribution in [0, 0.1) is 5.92 Å². The average Bonchev–Trinajstić information content (AvgIpc) is 3.15. The number of methoxy groups -OCH3 is 1. The van der Waals surface area contributed by atoms with Gasteiger partial charge in [-0.1, -0.05) is 19.9 Å². The van der Waals surface area contributed by atoms with Gasteiger partial charge in [-0.15, -0.1) is 11.3 Å². The van der Waals surface area contributed by atoms with E-state index in [4.69, 9.17) is 9.47 Å². The van der Waals surface area contributed by atoms with E-state index in [2.05, 4.69) is 35.5 Å². The zero-order valence-corrected chi connectivity index (χ0v) is 17.6. The highest BCUT2D eigenvalue weighted by atomic mass is 32.1. The van der Waals surface area contributed by atoms with Crippen molar-refractivity contribution < 1.29 is 14.3 Å². The first-order chi connectivity index (χ1) is 12.9. The van der Waals surface area contributed by atoms with Crippen molar-refractivity contribution in [1.29, 1.82) is 0 Å². The molecule has 0 aliphatic heterocycles. The molecule has 6 heteroatoms. The van der Waals surface area contributed by atoms with Gasteiger partial charge in [-0.2, -0.15) is 0 Å². The molecule has 1 atom stereocenters. The molecule has 2 aromatic rings. The van der Waals surface area contributed by atoms with Crippen molar-refractivity contribution in [2.24, 2.45) is 5.92 Å². The molecule has 1 heterocycles. The molecule has 1 aromatic heterocycles. The number of likely N-dealkylation sites (N-methyl/N-ethyl adjacent to an activating group) is 1. The molecule has 27 heavy (non-hydrogen) atoms. The molecule has 0 saturated heterocycles. The van der Waals surface area contributed by atoms with E-state index in [-0.39, 0.29) is 11.9 Å². The summed E-state index contributed by atoms with van der Waals surface area (Å²) in [6.45, 7) is 5.49. The summed E-state index contributed by atoms with van der Waals surface area (Å²) in [4.78, 5) is 15.9. The van der Waals surface area contributed by atoms with Gasteiger partial charge in [0.2, 0.25) is 0 Å². The normalized spacial score (nSPS) is 12.3. The van der Waals surface area contributed by atoms with E-state index in [1.807, 2.05) is 20.2 Å². The zero-order valence-electron chi connectivity index (χ0n) is 16.8. The van der Waals surface area contributed by atoms with Crippen LogP contribution in [-0.2, 0) is 0 Å². The van der Waals surface area contributed by atoms with Crippen LogP contribution in [-0.4, -0.2) is 45.2 Å². The SMILES string of the molecule is COc1cc(C(=O)NCC(c2cccs2)N(C)C)ccc1OCCC(C)C. The van der Waals surface area contributed by atoms with E-state index in [0.29, 0.717) is 36.1 Å². The highest BCUT2D eigenvalue weighted by Crippen LogP contribution is 2.28. The van der Waals surface area contributed by atoms with E-state index in [9.17, 15) is 4.79 Å². The minimum atomic E-state index is -0.120. The summed E-state index contributed by atoms with van der Waals surface area (Å²) in [6, 6.07) is 9.58. The summed E-state index contributed by atoms with van der Waals surface area (Å²) in [5, 5.41) is 5.08. The quantitative estimate of drug-likeness (QED) is 0.660. The lowest BCUT2D eigenvalue weighted by molar-refractivity contribution is 0.0942. The van der Waals surface area contributed by atoms with E-state index in [1.165, 1.54) is 4.88 Å². The highest BCUT2D eigenvalue weighted by molar-refractivity contribution is 7.10. The number of hydrogen-bond donors (Lipinski definition) is 1. The maximum absolute atomic E-state index is 12.6. The minimum absolute atomic E-state index is 0.120. The van der Waals surface area contributed by atoms with Crippen molar-refractivity contribution in [2.75, 3.05) is 34.4 Å². The second kappa shape index (κ2) is 10.3. The number of carbonyl (C=O) groups excluding carboxylic acids is 1. The molecule has 0 saturated carbocycles. The van der Waals surface area contributed by atoms with Gasteiger partial charge in [-0.25, -0.2) is 0 Å². The smallest absolute Gasteiger partial charge is 0.251 e. The number of nitrogens with one attached hydrogen (secondary N) is 1. The number of rotatable bonds is 10. The van der Waals surface area contributed by atoms with Crippen LogP contribution in [0.4, 0.5) is 0 Å². The van der Waals surface area contributed by atoms with Gasteiger partial charge in [-0.05, 0) is 56.1 Å².